The van der Waals surface area contributed by atoms with Crippen molar-refractivity contribution in [2.24, 2.45) is 5.92 Å². The van der Waals surface area contributed by atoms with Crippen LogP contribution in [0.15, 0.2) is 24.3 Å². The number of carbonyl (C=O) groups excluding carboxylic acids is 1. The van der Waals surface area contributed by atoms with Crippen LogP contribution < -0.4 is 0 Å². The van der Waals surface area contributed by atoms with E-state index in [-0.39, 0.29) is 17.7 Å². The van der Waals surface area contributed by atoms with Gasteiger partial charge in [-0.15, -0.1) is 0 Å². The quantitative estimate of drug-likeness (QED) is 0.929. The molecule has 1 aromatic carbocycles. The van der Waals surface area contributed by atoms with E-state index in [1.165, 1.54) is 11.1 Å². The normalized spacial score (nSPS) is 28.2. The van der Waals surface area contributed by atoms with E-state index in [2.05, 4.69) is 12.1 Å². The summed E-state index contributed by atoms with van der Waals surface area (Å²) in [7, 11) is 0. The Morgan fingerprint density at radius 2 is 2.10 bits per heavy atom. The maximum absolute atomic E-state index is 12.6. The molecule has 0 bridgehead atoms. The van der Waals surface area contributed by atoms with E-state index < -0.39 is 12.0 Å². The number of rotatable bonds is 3. The topological polar surface area (TPSA) is 57.6 Å². The zero-order chi connectivity index (χ0) is 15.0. The molecule has 3 atom stereocenters. The van der Waals surface area contributed by atoms with Crippen molar-refractivity contribution < 1.29 is 14.7 Å². The third-order valence-electron chi connectivity index (χ3n) is 4.65. The number of benzene rings is 1. The molecule has 1 aromatic rings. The Labute approximate surface area is 124 Å². The van der Waals surface area contributed by atoms with E-state index >= 15 is 0 Å². The summed E-state index contributed by atoms with van der Waals surface area (Å²) >= 11 is 0. The number of aryl methyl sites for hydroxylation is 1. The number of hydrogen-bond acceptors (Lipinski definition) is 2. The molecule has 4 nitrogen and oxygen atoms in total. The Hall–Kier alpha value is -1.84. The Balaban J connectivity index is 1.70. The molecule has 1 aliphatic carbocycles. The second kappa shape index (κ2) is 5.51. The SMILES string of the molecule is Cc1cccc([C@@H]2C[C@@H]2C(=O)N2CCCC[C@H]2C(=O)O)c1. The summed E-state index contributed by atoms with van der Waals surface area (Å²) in [5, 5.41) is 9.29. The van der Waals surface area contributed by atoms with Gasteiger partial charge in [-0.25, -0.2) is 4.79 Å². The van der Waals surface area contributed by atoms with Gasteiger partial charge in [0.05, 0.1) is 0 Å². The van der Waals surface area contributed by atoms with Gasteiger partial charge in [0.25, 0.3) is 0 Å². The predicted octanol–water partition coefficient (Wildman–Crippen LogP) is 2.56. The molecule has 3 rings (SSSR count). The molecule has 0 radical (unpaired) electrons. The first-order valence-electron chi connectivity index (χ1n) is 7.68. The first-order chi connectivity index (χ1) is 10.1. The van der Waals surface area contributed by atoms with E-state index in [4.69, 9.17) is 0 Å². The van der Waals surface area contributed by atoms with Crippen LogP contribution in [0.3, 0.4) is 0 Å². The number of aliphatic carboxylic acids is 1. The molecule has 1 amide bonds. The summed E-state index contributed by atoms with van der Waals surface area (Å²) in [4.78, 5) is 25.5. The lowest BCUT2D eigenvalue weighted by Gasteiger charge is -2.33. The van der Waals surface area contributed by atoms with E-state index in [1.54, 1.807) is 4.90 Å². The highest BCUT2D eigenvalue weighted by Crippen LogP contribution is 2.49. The van der Waals surface area contributed by atoms with Crippen LogP contribution in [0.1, 0.15) is 42.7 Å². The van der Waals surface area contributed by atoms with Crippen LogP contribution in [-0.4, -0.2) is 34.5 Å². The zero-order valence-corrected chi connectivity index (χ0v) is 12.3. The molecular formula is C17H21NO3. The lowest BCUT2D eigenvalue weighted by molar-refractivity contribution is -0.152. The molecular weight excluding hydrogens is 266 g/mol. The molecule has 4 heteroatoms. The summed E-state index contributed by atoms with van der Waals surface area (Å²) in [6.07, 6.45) is 3.25. The van der Waals surface area contributed by atoms with Crippen molar-refractivity contribution in [3.05, 3.63) is 35.4 Å². The predicted molar refractivity (Wildman–Crippen MR) is 79.0 cm³/mol. The number of nitrogens with zero attached hydrogens (tertiary/aromatic N) is 1. The minimum absolute atomic E-state index is 0.0215. The molecule has 1 heterocycles. The van der Waals surface area contributed by atoms with Crippen molar-refractivity contribution in [2.45, 2.75) is 44.6 Å². The number of hydrogen-bond donors (Lipinski definition) is 1. The number of piperidine rings is 1. The van der Waals surface area contributed by atoms with Gasteiger partial charge >= 0.3 is 5.97 Å². The van der Waals surface area contributed by atoms with Crippen LogP contribution >= 0.6 is 0 Å². The summed E-state index contributed by atoms with van der Waals surface area (Å²) in [6.45, 7) is 2.64. The molecule has 1 saturated carbocycles. The van der Waals surface area contributed by atoms with Gasteiger partial charge in [-0.3, -0.25) is 4.79 Å². The Morgan fingerprint density at radius 1 is 1.29 bits per heavy atom. The van der Waals surface area contributed by atoms with Gasteiger partial charge in [-0.2, -0.15) is 0 Å². The molecule has 2 fully saturated rings. The fraction of sp³-hybridized carbons (Fsp3) is 0.529. The van der Waals surface area contributed by atoms with E-state index in [1.807, 2.05) is 19.1 Å². The Morgan fingerprint density at radius 3 is 2.81 bits per heavy atom. The van der Waals surface area contributed by atoms with E-state index in [0.717, 1.165) is 19.3 Å². The fourth-order valence-electron chi connectivity index (χ4n) is 3.40. The average Bonchev–Trinajstić information content (AvgIpc) is 3.27. The molecule has 0 spiro atoms. The Kier molecular flexibility index (Phi) is 3.70. The van der Waals surface area contributed by atoms with Gasteiger partial charge in [0, 0.05) is 12.5 Å². The zero-order valence-electron chi connectivity index (χ0n) is 12.3. The number of amides is 1. The van der Waals surface area contributed by atoms with Crippen LogP contribution in [-0.2, 0) is 9.59 Å². The van der Waals surface area contributed by atoms with E-state index in [0.29, 0.717) is 13.0 Å². The fourth-order valence-corrected chi connectivity index (χ4v) is 3.40. The number of carbonyl (C=O) groups is 2. The van der Waals surface area contributed by atoms with Gasteiger partial charge in [-0.05, 0) is 44.1 Å². The van der Waals surface area contributed by atoms with E-state index in [9.17, 15) is 14.7 Å². The molecule has 0 unspecified atom stereocenters. The lowest BCUT2D eigenvalue weighted by atomic mass is 10.0. The lowest BCUT2D eigenvalue weighted by Crippen LogP contribution is -2.48. The number of likely N-dealkylation sites (tertiary alicyclic amines) is 1. The van der Waals surface area contributed by atoms with Crippen molar-refractivity contribution in [1.29, 1.82) is 0 Å². The summed E-state index contributed by atoms with van der Waals surface area (Å²) < 4.78 is 0. The van der Waals surface area contributed by atoms with Gasteiger partial charge < -0.3 is 10.0 Å². The van der Waals surface area contributed by atoms with Crippen molar-refractivity contribution >= 4 is 11.9 Å². The smallest absolute Gasteiger partial charge is 0.326 e. The van der Waals surface area contributed by atoms with Crippen LogP contribution in [0.5, 0.6) is 0 Å². The van der Waals surface area contributed by atoms with Crippen LogP contribution in [0.25, 0.3) is 0 Å². The maximum Gasteiger partial charge on any atom is 0.326 e. The highest BCUT2D eigenvalue weighted by molar-refractivity contribution is 5.87. The largest absolute Gasteiger partial charge is 0.480 e. The van der Waals surface area contributed by atoms with Crippen molar-refractivity contribution in [3.8, 4) is 0 Å². The summed E-state index contributed by atoms with van der Waals surface area (Å²) in [6, 6.07) is 7.64. The first-order valence-corrected chi connectivity index (χ1v) is 7.68. The van der Waals surface area contributed by atoms with Gasteiger partial charge in [0.15, 0.2) is 0 Å². The van der Waals surface area contributed by atoms with Gasteiger partial charge in [0.2, 0.25) is 5.91 Å². The summed E-state index contributed by atoms with van der Waals surface area (Å²) in [5.41, 5.74) is 2.41. The molecule has 21 heavy (non-hydrogen) atoms. The molecule has 1 N–H and O–H groups in total. The van der Waals surface area contributed by atoms with Crippen molar-refractivity contribution in [3.63, 3.8) is 0 Å². The molecule has 1 aliphatic heterocycles. The van der Waals surface area contributed by atoms with Gasteiger partial charge in [-0.1, -0.05) is 29.8 Å². The van der Waals surface area contributed by atoms with Crippen molar-refractivity contribution in [2.75, 3.05) is 6.54 Å². The Bertz CT molecular complexity index is 569. The molecule has 112 valence electrons. The monoisotopic (exact) mass is 287 g/mol. The van der Waals surface area contributed by atoms with Crippen LogP contribution in [0.2, 0.25) is 0 Å². The second-order valence-corrected chi connectivity index (χ2v) is 6.24. The van der Waals surface area contributed by atoms with Crippen LogP contribution in [0.4, 0.5) is 0 Å². The van der Waals surface area contributed by atoms with Crippen molar-refractivity contribution in [1.82, 2.24) is 4.90 Å². The third kappa shape index (κ3) is 2.80. The first kappa shape index (κ1) is 14.1. The maximum atomic E-state index is 12.6. The minimum atomic E-state index is -0.865. The molecule has 0 aromatic heterocycles. The molecule has 1 saturated heterocycles. The highest BCUT2D eigenvalue weighted by atomic mass is 16.4. The average molecular weight is 287 g/mol. The second-order valence-electron chi connectivity index (χ2n) is 6.24. The van der Waals surface area contributed by atoms with Gasteiger partial charge in [0.1, 0.15) is 6.04 Å². The highest BCUT2D eigenvalue weighted by Gasteiger charge is 2.48. The van der Waals surface area contributed by atoms with Crippen LogP contribution in [0, 0.1) is 12.8 Å². The number of carboxylic acid groups (broad SMARTS) is 1. The summed E-state index contributed by atoms with van der Waals surface area (Å²) in [5.74, 6) is -0.579. The number of carboxylic acids is 1. The standard InChI is InChI=1S/C17H21NO3/c1-11-5-4-6-12(9-11)13-10-14(13)16(19)18-8-3-2-7-15(18)17(20)21/h4-6,9,13-15H,2-3,7-8,10H2,1H3,(H,20,21)/t13-,14-,15-/m0/s1. The molecule has 2 aliphatic rings. The third-order valence-corrected chi connectivity index (χ3v) is 4.65. The minimum Gasteiger partial charge on any atom is -0.480 e.